The van der Waals surface area contributed by atoms with Gasteiger partial charge in [0.2, 0.25) is 5.91 Å². The van der Waals surface area contributed by atoms with Crippen molar-refractivity contribution in [1.82, 2.24) is 10.5 Å². The van der Waals surface area contributed by atoms with Crippen molar-refractivity contribution in [2.45, 2.75) is 32.9 Å². The SMILES string of the molecule is CC(C)(C)OCC(=O)NCc1ccno1. The summed E-state index contributed by atoms with van der Waals surface area (Å²) in [6.45, 7) is 6.09. The molecule has 0 aliphatic rings. The monoisotopic (exact) mass is 212 g/mol. The molecule has 1 aromatic heterocycles. The number of carbonyl (C=O) groups is 1. The maximum atomic E-state index is 11.3. The van der Waals surface area contributed by atoms with Gasteiger partial charge in [0, 0.05) is 6.07 Å². The van der Waals surface area contributed by atoms with Crippen molar-refractivity contribution in [2.24, 2.45) is 0 Å². The quantitative estimate of drug-likeness (QED) is 0.811. The van der Waals surface area contributed by atoms with Crippen LogP contribution in [-0.4, -0.2) is 23.3 Å². The molecular weight excluding hydrogens is 196 g/mol. The van der Waals surface area contributed by atoms with E-state index in [1.807, 2.05) is 20.8 Å². The van der Waals surface area contributed by atoms with Gasteiger partial charge in [0.25, 0.3) is 0 Å². The summed E-state index contributed by atoms with van der Waals surface area (Å²) in [6.07, 6.45) is 1.53. The molecule has 1 amide bonds. The normalized spacial score (nSPS) is 11.4. The molecule has 0 unspecified atom stereocenters. The van der Waals surface area contributed by atoms with Crippen LogP contribution in [0.5, 0.6) is 0 Å². The third kappa shape index (κ3) is 5.17. The molecular formula is C10H16N2O3. The van der Waals surface area contributed by atoms with E-state index in [1.54, 1.807) is 6.07 Å². The molecule has 0 aromatic carbocycles. The number of hydrogen-bond acceptors (Lipinski definition) is 4. The topological polar surface area (TPSA) is 64.4 Å². The van der Waals surface area contributed by atoms with Crippen molar-refractivity contribution in [1.29, 1.82) is 0 Å². The van der Waals surface area contributed by atoms with Crippen molar-refractivity contribution < 1.29 is 14.1 Å². The molecule has 0 fully saturated rings. The molecule has 1 rings (SSSR count). The van der Waals surface area contributed by atoms with E-state index in [9.17, 15) is 4.79 Å². The Morgan fingerprint density at radius 3 is 2.87 bits per heavy atom. The minimum Gasteiger partial charge on any atom is -0.366 e. The van der Waals surface area contributed by atoms with E-state index in [0.29, 0.717) is 12.3 Å². The van der Waals surface area contributed by atoms with Crippen LogP contribution in [0.25, 0.3) is 0 Å². The van der Waals surface area contributed by atoms with Gasteiger partial charge in [-0.05, 0) is 20.8 Å². The predicted molar refractivity (Wildman–Crippen MR) is 54.1 cm³/mol. The van der Waals surface area contributed by atoms with Crippen LogP contribution in [-0.2, 0) is 16.1 Å². The largest absolute Gasteiger partial charge is 0.366 e. The summed E-state index contributed by atoms with van der Waals surface area (Å²) in [5.41, 5.74) is -0.302. The standard InChI is InChI=1S/C10H16N2O3/c1-10(2,3)14-7-9(13)11-6-8-4-5-12-15-8/h4-5H,6-7H2,1-3H3,(H,11,13). The third-order valence-corrected chi connectivity index (χ3v) is 1.59. The van der Waals surface area contributed by atoms with Gasteiger partial charge in [0.1, 0.15) is 6.61 Å². The molecule has 1 N–H and O–H groups in total. The van der Waals surface area contributed by atoms with Crippen LogP contribution in [0.2, 0.25) is 0 Å². The molecule has 0 saturated heterocycles. The van der Waals surface area contributed by atoms with Gasteiger partial charge in [0.05, 0.1) is 18.3 Å². The van der Waals surface area contributed by atoms with Gasteiger partial charge in [-0.3, -0.25) is 4.79 Å². The highest BCUT2D eigenvalue weighted by atomic mass is 16.5. The minimum atomic E-state index is -0.302. The maximum absolute atomic E-state index is 11.3. The van der Waals surface area contributed by atoms with Crippen LogP contribution in [0.4, 0.5) is 0 Å². The molecule has 1 heterocycles. The van der Waals surface area contributed by atoms with Gasteiger partial charge >= 0.3 is 0 Å². The van der Waals surface area contributed by atoms with Gasteiger partial charge in [-0.2, -0.15) is 0 Å². The van der Waals surface area contributed by atoms with E-state index in [0.717, 1.165) is 0 Å². The number of nitrogens with zero attached hydrogens (tertiary/aromatic N) is 1. The smallest absolute Gasteiger partial charge is 0.246 e. The number of aromatic nitrogens is 1. The summed E-state index contributed by atoms with van der Waals surface area (Å²) in [5, 5.41) is 6.19. The number of ether oxygens (including phenoxy) is 1. The molecule has 0 aliphatic heterocycles. The van der Waals surface area contributed by atoms with Crippen molar-refractivity contribution in [3.63, 3.8) is 0 Å². The number of hydrogen-bond donors (Lipinski definition) is 1. The van der Waals surface area contributed by atoms with E-state index in [2.05, 4.69) is 10.5 Å². The van der Waals surface area contributed by atoms with E-state index in [-0.39, 0.29) is 18.1 Å². The summed E-state index contributed by atoms with van der Waals surface area (Å²) in [7, 11) is 0. The van der Waals surface area contributed by atoms with Gasteiger partial charge < -0.3 is 14.6 Å². The molecule has 15 heavy (non-hydrogen) atoms. The molecule has 0 spiro atoms. The highest BCUT2D eigenvalue weighted by Crippen LogP contribution is 2.05. The Morgan fingerprint density at radius 2 is 2.33 bits per heavy atom. The first kappa shape index (κ1) is 11.7. The lowest BCUT2D eigenvalue weighted by molar-refractivity contribution is -0.130. The maximum Gasteiger partial charge on any atom is 0.246 e. The first-order valence-electron chi connectivity index (χ1n) is 4.77. The van der Waals surface area contributed by atoms with Crippen molar-refractivity contribution in [3.8, 4) is 0 Å². The van der Waals surface area contributed by atoms with Crippen LogP contribution in [0.1, 0.15) is 26.5 Å². The number of rotatable bonds is 4. The van der Waals surface area contributed by atoms with Crippen LogP contribution in [0, 0.1) is 0 Å². The number of carbonyl (C=O) groups excluding carboxylic acids is 1. The second-order valence-electron chi connectivity index (χ2n) is 4.16. The first-order chi connectivity index (χ1) is 6.97. The summed E-state index contributed by atoms with van der Waals surface area (Å²) in [5.74, 6) is 0.459. The van der Waals surface area contributed by atoms with Crippen LogP contribution in [0.3, 0.4) is 0 Å². The van der Waals surface area contributed by atoms with E-state index in [4.69, 9.17) is 9.26 Å². The molecule has 5 nitrogen and oxygen atoms in total. The fraction of sp³-hybridized carbons (Fsp3) is 0.600. The molecule has 0 atom stereocenters. The van der Waals surface area contributed by atoms with Crippen molar-refractivity contribution >= 4 is 5.91 Å². The predicted octanol–water partition coefficient (Wildman–Crippen LogP) is 1.11. The van der Waals surface area contributed by atoms with Crippen molar-refractivity contribution in [3.05, 3.63) is 18.0 Å². The fourth-order valence-corrected chi connectivity index (χ4v) is 0.852. The highest BCUT2D eigenvalue weighted by molar-refractivity contribution is 5.77. The van der Waals surface area contributed by atoms with Gasteiger partial charge in [-0.25, -0.2) is 0 Å². The highest BCUT2D eigenvalue weighted by Gasteiger charge is 2.12. The molecule has 0 radical (unpaired) electrons. The Labute approximate surface area is 88.8 Å². The summed E-state index contributed by atoms with van der Waals surface area (Å²) < 4.78 is 10.1. The Hall–Kier alpha value is -1.36. The van der Waals surface area contributed by atoms with Gasteiger partial charge in [0.15, 0.2) is 5.76 Å². The molecule has 5 heteroatoms. The second-order valence-corrected chi connectivity index (χ2v) is 4.16. The molecule has 0 saturated carbocycles. The lowest BCUT2D eigenvalue weighted by atomic mass is 10.2. The average Bonchev–Trinajstić information content (AvgIpc) is 2.62. The van der Waals surface area contributed by atoms with Crippen LogP contribution < -0.4 is 5.32 Å². The fourth-order valence-electron chi connectivity index (χ4n) is 0.852. The number of amides is 1. The lowest BCUT2D eigenvalue weighted by Gasteiger charge is -2.18. The Morgan fingerprint density at radius 1 is 1.60 bits per heavy atom. The first-order valence-corrected chi connectivity index (χ1v) is 4.77. The molecule has 84 valence electrons. The molecule has 1 aromatic rings. The zero-order chi connectivity index (χ0) is 11.3. The van der Waals surface area contributed by atoms with Gasteiger partial charge in [-0.1, -0.05) is 5.16 Å². The van der Waals surface area contributed by atoms with Gasteiger partial charge in [-0.15, -0.1) is 0 Å². The molecule has 0 bridgehead atoms. The van der Waals surface area contributed by atoms with E-state index < -0.39 is 0 Å². The Bertz CT molecular complexity index is 301. The van der Waals surface area contributed by atoms with Crippen LogP contribution >= 0.6 is 0 Å². The van der Waals surface area contributed by atoms with E-state index in [1.165, 1.54) is 6.20 Å². The van der Waals surface area contributed by atoms with E-state index >= 15 is 0 Å². The average molecular weight is 212 g/mol. The summed E-state index contributed by atoms with van der Waals surface area (Å²) in [4.78, 5) is 11.3. The Kier molecular flexibility index (Phi) is 3.85. The summed E-state index contributed by atoms with van der Waals surface area (Å²) in [6, 6.07) is 1.70. The zero-order valence-corrected chi connectivity index (χ0v) is 9.24. The zero-order valence-electron chi connectivity index (χ0n) is 9.24. The van der Waals surface area contributed by atoms with Crippen molar-refractivity contribution in [2.75, 3.05) is 6.61 Å². The molecule has 0 aliphatic carbocycles. The number of nitrogens with one attached hydrogen (secondary N) is 1. The Balaban J connectivity index is 2.20. The lowest BCUT2D eigenvalue weighted by Crippen LogP contribution is -2.31. The second kappa shape index (κ2) is 4.93. The summed E-state index contributed by atoms with van der Waals surface area (Å²) >= 11 is 0. The van der Waals surface area contributed by atoms with Crippen LogP contribution in [0.15, 0.2) is 16.8 Å². The minimum absolute atomic E-state index is 0.0532. The third-order valence-electron chi connectivity index (χ3n) is 1.59.